The van der Waals surface area contributed by atoms with Gasteiger partial charge in [-0.3, -0.25) is 0 Å². The van der Waals surface area contributed by atoms with Crippen LogP contribution >= 0.6 is 0 Å². The second-order valence-electron chi connectivity index (χ2n) is 6.24. The largest absolute Gasteiger partial charge is 0.422 e. The quantitative estimate of drug-likeness (QED) is 0.932. The molecule has 21 heavy (non-hydrogen) atoms. The van der Waals surface area contributed by atoms with Gasteiger partial charge in [-0.1, -0.05) is 27.7 Å². The summed E-state index contributed by atoms with van der Waals surface area (Å²) in [5.74, 6) is 1.79. The Bertz CT molecular complexity index is 654. The van der Waals surface area contributed by atoms with Crippen molar-refractivity contribution < 1.29 is 9.52 Å². The van der Waals surface area contributed by atoms with E-state index >= 15 is 0 Å². The Morgan fingerprint density at radius 2 is 2.24 bits per heavy atom. The van der Waals surface area contributed by atoms with Gasteiger partial charge in [-0.25, -0.2) is 9.97 Å². The highest BCUT2D eigenvalue weighted by Crippen LogP contribution is 2.37. The monoisotopic (exact) mass is 290 g/mol. The van der Waals surface area contributed by atoms with E-state index in [0.29, 0.717) is 23.7 Å². The summed E-state index contributed by atoms with van der Waals surface area (Å²) >= 11 is 0. The van der Waals surface area contributed by atoms with Crippen LogP contribution < -0.4 is 4.90 Å². The number of β-amino-alcohol motifs (C(OH)–C–C–N with tert-alkyl or cyclic N) is 1. The molecule has 1 N–H and O–H groups in total. The highest BCUT2D eigenvalue weighted by Gasteiger charge is 2.45. The van der Waals surface area contributed by atoms with Crippen molar-refractivity contribution in [2.45, 2.75) is 39.7 Å². The Kier molecular flexibility index (Phi) is 3.36. The molecule has 2 aromatic heterocycles. The summed E-state index contributed by atoms with van der Waals surface area (Å²) in [6, 6.07) is 0. The standard InChI is InChI=1S/C15H22N4O2/c1-5-11-18-12-13(16-8-17-14(12)21-11)19-6-10(4)15(20,7-19)9(2)3/h8-10,20H,5-7H2,1-4H3/t10-,15-/m0/s1. The molecule has 0 radical (unpaired) electrons. The van der Waals surface area contributed by atoms with E-state index in [2.05, 4.69) is 40.6 Å². The maximum absolute atomic E-state index is 10.9. The van der Waals surface area contributed by atoms with E-state index < -0.39 is 5.60 Å². The molecule has 114 valence electrons. The molecule has 6 heteroatoms. The molecule has 0 unspecified atom stereocenters. The highest BCUT2D eigenvalue weighted by molar-refractivity contribution is 5.81. The van der Waals surface area contributed by atoms with Gasteiger partial charge in [0.15, 0.2) is 17.2 Å². The molecule has 0 bridgehead atoms. The van der Waals surface area contributed by atoms with Crippen LogP contribution in [0.1, 0.15) is 33.6 Å². The molecule has 0 spiro atoms. The Morgan fingerprint density at radius 3 is 2.86 bits per heavy atom. The first-order chi connectivity index (χ1) is 9.95. The fraction of sp³-hybridized carbons (Fsp3) is 0.667. The fourth-order valence-electron chi connectivity index (χ4n) is 3.10. The van der Waals surface area contributed by atoms with Crippen molar-refractivity contribution in [1.29, 1.82) is 0 Å². The Morgan fingerprint density at radius 1 is 1.48 bits per heavy atom. The molecule has 3 heterocycles. The zero-order valence-electron chi connectivity index (χ0n) is 13.0. The summed E-state index contributed by atoms with van der Waals surface area (Å²) in [5, 5.41) is 10.9. The molecule has 1 aliphatic heterocycles. The molecule has 6 nitrogen and oxygen atoms in total. The molecule has 1 fully saturated rings. The van der Waals surface area contributed by atoms with Crippen LogP contribution in [0.25, 0.3) is 11.2 Å². The lowest BCUT2D eigenvalue weighted by atomic mass is 9.82. The number of anilines is 1. The van der Waals surface area contributed by atoms with Gasteiger partial charge >= 0.3 is 0 Å². The van der Waals surface area contributed by atoms with Crippen molar-refractivity contribution in [3.05, 3.63) is 12.2 Å². The van der Waals surface area contributed by atoms with Gasteiger partial charge in [0.25, 0.3) is 5.71 Å². The maximum Gasteiger partial charge on any atom is 0.252 e. The Labute approximate surface area is 124 Å². The van der Waals surface area contributed by atoms with Gasteiger partial charge < -0.3 is 14.4 Å². The molecule has 0 aromatic carbocycles. The minimum Gasteiger partial charge on any atom is -0.422 e. The van der Waals surface area contributed by atoms with E-state index in [1.807, 2.05) is 6.92 Å². The molecular formula is C15H22N4O2. The van der Waals surface area contributed by atoms with Crippen LogP contribution in [-0.4, -0.2) is 38.7 Å². The third-order valence-corrected chi connectivity index (χ3v) is 4.61. The first kappa shape index (κ1) is 14.3. The van der Waals surface area contributed by atoms with Gasteiger partial charge in [0, 0.05) is 25.4 Å². The van der Waals surface area contributed by atoms with Crippen molar-refractivity contribution in [2.75, 3.05) is 18.0 Å². The predicted molar refractivity (Wildman–Crippen MR) is 80.1 cm³/mol. The summed E-state index contributed by atoms with van der Waals surface area (Å²) < 4.78 is 5.59. The van der Waals surface area contributed by atoms with Gasteiger partial charge in [-0.15, -0.1) is 0 Å². The molecule has 2 atom stereocenters. The normalized spacial score (nSPS) is 26.2. The number of aromatic nitrogens is 3. The number of fused-ring (bicyclic) bond motifs is 1. The van der Waals surface area contributed by atoms with E-state index in [1.54, 1.807) is 0 Å². The fourth-order valence-corrected chi connectivity index (χ4v) is 3.10. The predicted octanol–water partition coefficient (Wildman–Crippen LogP) is 2.02. The SMILES string of the molecule is CCc1nc2c(N3C[C@H](C)[C@@](O)(C(C)C)C3)ncnc2o1. The van der Waals surface area contributed by atoms with Crippen molar-refractivity contribution in [3.63, 3.8) is 0 Å². The topological polar surface area (TPSA) is 75.3 Å². The second-order valence-corrected chi connectivity index (χ2v) is 6.24. The Balaban J connectivity index is 2.00. The van der Waals surface area contributed by atoms with Crippen LogP contribution in [0.15, 0.2) is 10.7 Å². The van der Waals surface area contributed by atoms with Crippen LogP contribution in [0.2, 0.25) is 0 Å². The van der Waals surface area contributed by atoms with Gasteiger partial charge in [0.1, 0.15) is 6.33 Å². The lowest BCUT2D eigenvalue weighted by molar-refractivity contribution is -0.0186. The smallest absolute Gasteiger partial charge is 0.252 e. The van der Waals surface area contributed by atoms with Crippen LogP contribution in [0.5, 0.6) is 0 Å². The van der Waals surface area contributed by atoms with Crippen LogP contribution in [-0.2, 0) is 6.42 Å². The van der Waals surface area contributed by atoms with Crippen LogP contribution in [0.3, 0.4) is 0 Å². The first-order valence-electron chi connectivity index (χ1n) is 7.53. The number of hydrogen-bond acceptors (Lipinski definition) is 6. The first-order valence-corrected chi connectivity index (χ1v) is 7.53. The van der Waals surface area contributed by atoms with Gasteiger partial charge in [0.2, 0.25) is 0 Å². The average Bonchev–Trinajstić information content (AvgIpc) is 3.00. The number of nitrogens with zero attached hydrogens (tertiary/aromatic N) is 4. The summed E-state index contributed by atoms with van der Waals surface area (Å²) in [6.07, 6.45) is 2.22. The lowest BCUT2D eigenvalue weighted by Gasteiger charge is -2.31. The van der Waals surface area contributed by atoms with Gasteiger partial charge in [-0.2, -0.15) is 4.98 Å². The highest BCUT2D eigenvalue weighted by atomic mass is 16.4. The molecular weight excluding hydrogens is 268 g/mol. The summed E-state index contributed by atoms with van der Waals surface area (Å²) in [7, 11) is 0. The van der Waals surface area contributed by atoms with Crippen molar-refractivity contribution >= 4 is 17.0 Å². The summed E-state index contributed by atoms with van der Waals surface area (Å²) in [4.78, 5) is 15.1. The number of rotatable bonds is 3. The van der Waals surface area contributed by atoms with Crippen LogP contribution in [0.4, 0.5) is 5.82 Å². The maximum atomic E-state index is 10.9. The summed E-state index contributed by atoms with van der Waals surface area (Å²) in [5.41, 5.74) is 0.508. The second kappa shape index (κ2) is 4.94. The van der Waals surface area contributed by atoms with E-state index in [0.717, 1.165) is 18.8 Å². The van der Waals surface area contributed by atoms with E-state index in [-0.39, 0.29) is 11.8 Å². The molecule has 0 saturated carbocycles. The van der Waals surface area contributed by atoms with Crippen molar-refractivity contribution in [2.24, 2.45) is 11.8 Å². The Hall–Kier alpha value is -1.69. The number of aliphatic hydroxyl groups is 1. The zero-order chi connectivity index (χ0) is 15.2. The third kappa shape index (κ3) is 2.18. The molecule has 0 aliphatic carbocycles. The van der Waals surface area contributed by atoms with Crippen molar-refractivity contribution in [3.8, 4) is 0 Å². The number of oxazole rings is 1. The lowest BCUT2D eigenvalue weighted by Crippen LogP contribution is -2.42. The van der Waals surface area contributed by atoms with Crippen LogP contribution in [0, 0.1) is 11.8 Å². The van der Waals surface area contributed by atoms with E-state index in [9.17, 15) is 5.11 Å². The number of hydrogen-bond donors (Lipinski definition) is 1. The molecule has 1 saturated heterocycles. The third-order valence-electron chi connectivity index (χ3n) is 4.61. The molecule has 0 amide bonds. The minimum atomic E-state index is -0.700. The average molecular weight is 290 g/mol. The van der Waals surface area contributed by atoms with E-state index in [4.69, 9.17) is 4.42 Å². The van der Waals surface area contributed by atoms with Gasteiger partial charge in [-0.05, 0) is 5.92 Å². The molecule has 2 aromatic rings. The van der Waals surface area contributed by atoms with Crippen molar-refractivity contribution in [1.82, 2.24) is 15.0 Å². The zero-order valence-corrected chi connectivity index (χ0v) is 13.0. The molecule has 3 rings (SSSR count). The number of aryl methyl sites for hydroxylation is 1. The van der Waals surface area contributed by atoms with Gasteiger partial charge in [0.05, 0.1) is 5.60 Å². The molecule has 1 aliphatic rings. The summed E-state index contributed by atoms with van der Waals surface area (Å²) in [6.45, 7) is 9.51. The minimum absolute atomic E-state index is 0.181. The van der Waals surface area contributed by atoms with E-state index in [1.165, 1.54) is 6.33 Å².